The number of carboxylic acids is 1. The second kappa shape index (κ2) is 8.67. The smallest absolute Gasteiger partial charge is 0.337 e. The van der Waals surface area contributed by atoms with Gasteiger partial charge in [0.15, 0.2) is 5.16 Å². The zero-order chi connectivity index (χ0) is 21.1. The molecule has 1 atom stereocenters. The summed E-state index contributed by atoms with van der Waals surface area (Å²) in [6.45, 7) is 3.95. The molecule has 0 aliphatic rings. The number of anilines is 1. The fourth-order valence-electron chi connectivity index (χ4n) is 2.74. The SMILES string of the molecule is CCn1c(SC(C)C(=O)Nc2ccc(Cl)c(C(=O)O)c2)nc2ccccc2c1=O. The summed E-state index contributed by atoms with van der Waals surface area (Å²) in [6, 6.07) is 11.3. The minimum Gasteiger partial charge on any atom is -0.478 e. The van der Waals surface area contributed by atoms with Gasteiger partial charge in [-0.3, -0.25) is 14.2 Å². The fraction of sp³-hybridized carbons (Fsp3) is 0.200. The number of carbonyl (C=O) groups is 2. The predicted octanol–water partition coefficient (Wildman–Crippen LogP) is 3.89. The molecule has 0 bridgehead atoms. The van der Waals surface area contributed by atoms with Crippen molar-refractivity contribution in [1.29, 1.82) is 0 Å². The first-order valence-electron chi connectivity index (χ1n) is 8.81. The van der Waals surface area contributed by atoms with Crippen LogP contribution in [0.15, 0.2) is 52.4 Å². The molecule has 1 aromatic heterocycles. The van der Waals surface area contributed by atoms with Gasteiger partial charge in [0.2, 0.25) is 5.91 Å². The number of carboxylic acid groups (broad SMARTS) is 1. The predicted molar refractivity (Wildman–Crippen MR) is 114 cm³/mol. The maximum atomic E-state index is 12.7. The number of carbonyl (C=O) groups excluding carboxylic acids is 1. The zero-order valence-corrected chi connectivity index (χ0v) is 17.3. The zero-order valence-electron chi connectivity index (χ0n) is 15.7. The lowest BCUT2D eigenvalue weighted by atomic mass is 10.2. The van der Waals surface area contributed by atoms with Crippen LogP contribution in [-0.4, -0.2) is 31.8 Å². The number of nitrogens with one attached hydrogen (secondary N) is 1. The molecule has 3 aromatic rings. The number of fused-ring (bicyclic) bond motifs is 1. The van der Waals surface area contributed by atoms with Gasteiger partial charge in [-0.25, -0.2) is 9.78 Å². The Kier molecular flexibility index (Phi) is 6.24. The molecule has 0 aliphatic heterocycles. The number of benzene rings is 2. The number of nitrogens with zero attached hydrogens (tertiary/aromatic N) is 2. The quantitative estimate of drug-likeness (QED) is 0.453. The van der Waals surface area contributed by atoms with Crippen molar-refractivity contribution in [3.63, 3.8) is 0 Å². The number of para-hydroxylation sites is 1. The van der Waals surface area contributed by atoms with E-state index in [1.165, 1.54) is 22.8 Å². The van der Waals surface area contributed by atoms with E-state index in [0.29, 0.717) is 28.3 Å². The molecule has 1 heterocycles. The minimum atomic E-state index is -1.18. The van der Waals surface area contributed by atoms with Crippen molar-refractivity contribution < 1.29 is 14.7 Å². The first-order valence-corrected chi connectivity index (χ1v) is 10.1. The molecule has 1 amide bonds. The molecule has 29 heavy (non-hydrogen) atoms. The van der Waals surface area contributed by atoms with Crippen LogP contribution in [0.5, 0.6) is 0 Å². The number of halogens is 1. The molecule has 0 saturated heterocycles. The summed E-state index contributed by atoms with van der Waals surface area (Å²) in [4.78, 5) is 41.0. The molecule has 0 radical (unpaired) electrons. The summed E-state index contributed by atoms with van der Waals surface area (Å²) < 4.78 is 1.53. The van der Waals surface area contributed by atoms with Crippen LogP contribution >= 0.6 is 23.4 Å². The third-order valence-corrected chi connectivity index (χ3v) is 5.68. The van der Waals surface area contributed by atoms with Crippen molar-refractivity contribution in [2.24, 2.45) is 0 Å². The van der Waals surface area contributed by atoms with Crippen LogP contribution in [0.25, 0.3) is 10.9 Å². The number of thioether (sulfide) groups is 1. The highest BCUT2D eigenvalue weighted by atomic mass is 35.5. The molecule has 7 nitrogen and oxygen atoms in total. The Balaban J connectivity index is 1.84. The van der Waals surface area contributed by atoms with E-state index in [4.69, 9.17) is 16.7 Å². The highest BCUT2D eigenvalue weighted by molar-refractivity contribution is 8.00. The highest BCUT2D eigenvalue weighted by Crippen LogP contribution is 2.25. The van der Waals surface area contributed by atoms with Gasteiger partial charge in [-0.1, -0.05) is 35.5 Å². The van der Waals surface area contributed by atoms with Gasteiger partial charge in [0.05, 0.1) is 26.7 Å². The molecule has 150 valence electrons. The third kappa shape index (κ3) is 4.44. The van der Waals surface area contributed by atoms with Crippen molar-refractivity contribution in [2.75, 3.05) is 5.32 Å². The Bertz CT molecular complexity index is 1160. The van der Waals surface area contributed by atoms with Crippen LogP contribution in [-0.2, 0) is 11.3 Å². The molecule has 1 unspecified atom stereocenters. The maximum Gasteiger partial charge on any atom is 0.337 e. The second-order valence-corrected chi connectivity index (χ2v) is 7.93. The van der Waals surface area contributed by atoms with Crippen LogP contribution in [0.1, 0.15) is 24.2 Å². The van der Waals surface area contributed by atoms with Gasteiger partial charge in [0, 0.05) is 12.2 Å². The van der Waals surface area contributed by atoms with Crippen LogP contribution < -0.4 is 10.9 Å². The van der Waals surface area contributed by atoms with E-state index >= 15 is 0 Å². The molecular formula is C20H18ClN3O4S. The Morgan fingerprint density at radius 1 is 1.28 bits per heavy atom. The molecular weight excluding hydrogens is 414 g/mol. The number of aromatic carboxylic acids is 1. The summed E-state index contributed by atoms with van der Waals surface area (Å²) in [7, 11) is 0. The number of hydrogen-bond donors (Lipinski definition) is 2. The normalized spacial score (nSPS) is 12.0. The number of rotatable bonds is 6. The lowest BCUT2D eigenvalue weighted by Crippen LogP contribution is -2.26. The summed E-state index contributed by atoms with van der Waals surface area (Å²) in [5.41, 5.74) is 0.641. The third-order valence-electron chi connectivity index (χ3n) is 4.26. The second-order valence-electron chi connectivity index (χ2n) is 6.21. The molecule has 2 N–H and O–H groups in total. The summed E-state index contributed by atoms with van der Waals surface area (Å²) >= 11 is 7.02. The summed E-state index contributed by atoms with van der Waals surface area (Å²) in [5.74, 6) is -1.53. The largest absolute Gasteiger partial charge is 0.478 e. The van der Waals surface area contributed by atoms with Gasteiger partial charge in [0.25, 0.3) is 5.56 Å². The van der Waals surface area contributed by atoms with Gasteiger partial charge in [-0.2, -0.15) is 0 Å². The monoisotopic (exact) mass is 431 g/mol. The first kappa shape index (κ1) is 20.9. The summed E-state index contributed by atoms with van der Waals surface area (Å²) in [5, 5.41) is 12.3. The molecule has 2 aromatic carbocycles. The van der Waals surface area contributed by atoms with Crippen LogP contribution in [0, 0.1) is 0 Å². The van der Waals surface area contributed by atoms with E-state index < -0.39 is 11.2 Å². The fourth-order valence-corrected chi connectivity index (χ4v) is 3.91. The van der Waals surface area contributed by atoms with E-state index in [1.54, 1.807) is 31.2 Å². The average molecular weight is 432 g/mol. The van der Waals surface area contributed by atoms with Crippen LogP contribution in [0.3, 0.4) is 0 Å². The Morgan fingerprint density at radius 2 is 2.00 bits per heavy atom. The van der Waals surface area contributed by atoms with E-state index in [-0.39, 0.29) is 22.1 Å². The number of amides is 1. The topological polar surface area (TPSA) is 101 Å². The standard InChI is InChI=1S/C20H18ClN3O4S/c1-3-24-18(26)13-6-4-5-7-16(13)23-20(24)29-11(2)17(25)22-12-8-9-15(21)14(10-12)19(27)28/h4-11H,3H2,1-2H3,(H,22,25)(H,27,28). The van der Waals surface area contributed by atoms with Gasteiger partial charge in [-0.05, 0) is 44.2 Å². The van der Waals surface area contributed by atoms with Crippen LogP contribution in [0.2, 0.25) is 5.02 Å². The van der Waals surface area contributed by atoms with E-state index in [0.717, 1.165) is 11.8 Å². The van der Waals surface area contributed by atoms with Crippen molar-refractivity contribution in [3.8, 4) is 0 Å². The van der Waals surface area contributed by atoms with Crippen molar-refractivity contribution >= 4 is 51.8 Å². The van der Waals surface area contributed by atoms with E-state index in [1.807, 2.05) is 6.92 Å². The molecule has 0 fully saturated rings. The van der Waals surface area contributed by atoms with Gasteiger partial charge >= 0.3 is 5.97 Å². The van der Waals surface area contributed by atoms with Crippen molar-refractivity contribution in [2.45, 2.75) is 30.8 Å². The number of aromatic nitrogens is 2. The van der Waals surface area contributed by atoms with E-state index in [2.05, 4.69) is 10.3 Å². The number of hydrogen-bond acceptors (Lipinski definition) is 5. The minimum absolute atomic E-state index is 0.0882. The van der Waals surface area contributed by atoms with Crippen LogP contribution in [0.4, 0.5) is 5.69 Å². The Labute approximate surface area is 175 Å². The van der Waals surface area contributed by atoms with E-state index in [9.17, 15) is 14.4 Å². The molecule has 9 heteroatoms. The Hall–Kier alpha value is -2.84. The summed E-state index contributed by atoms with van der Waals surface area (Å²) in [6.07, 6.45) is 0. The van der Waals surface area contributed by atoms with Gasteiger partial charge < -0.3 is 10.4 Å². The molecule has 3 rings (SSSR count). The first-order chi connectivity index (χ1) is 13.8. The highest BCUT2D eigenvalue weighted by Gasteiger charge is 2.20. The van der Waals surface area contributed by atoms with Gasteiger partial charge in [-0.15, -0.1) is 0 Å². The maximum absolute atomic E-state index is 12.7. The average Bonchev–Trinajstić information content (AvgIpc) is 2.69. The van der Waals surface area contributed by atoms with Crippen molar-refractivity contribution in [1.82, 2.24) is 9.55 Å². The molecule has 0 spiro atoms. The lowest BCUT2D eigenvalue weighted by molar-refractivity contribution is -0.115. The Morgan fingerprint density at radius 3 is 2.69 bits per heavy atom. The van der Waals surface area contributed by atoms with Gasteiger partial charge in [0.1, 0.15) is 0 Å². The molecule has 0 saturated carbocycles. The molecule has 0 aliphatic carbocycles. The lowest BCUT2D eigenvalue weighted by Gasteiger charge is -2.15. The van der Waals surface area contributed by atoms with Crippen molar-refractivity contribution in [3.05, 3.63) is 63.4 Å².